The summed E-state index contributed by atoms with van der Waals surface area (Å²) in [4.78, 5) is 9.96. The molecule has 0 bridgehead atoms. The number of aliphatic carboxylic acids is 1. The van der Waals surface area contributed by atoms with E-state index in [1.54, 1.807) is 0 Å². The average Bonchev–Trinajstić information content (AvgIpc) is 1.67. The molecule has 0 rings (SSSR count). The molecule has 0 fully saturated rings. The van der Waals surface area contributed by atoms with Crippen LogP contribution in [0.2, 0.25) is 0 Å². The maximum atomic E-state index is 9.96. The molecule has 43 valence electrons. The zero-order valence-electron chi connectivity index (χ0n) is 4.64. The number of rotatable bonds is 2. The van der Waals surface area contributed by atoms with Crippen LogP contribution in [0.15, 0.2) is 0 Å². The van der Waals surface area contributed by atoms with Crippen molar-refractivity contribution in [3.63, 3.8) is 0 Å². The number of hydrogen-bond acceptors (Lipinski definition) is 1. The van der Waals surface area contributed by atoms with Gasteiger partial charge in [-0.1, -0.05) is 0 Å². The van der Waals surface area contributed by atoms with Gasteiger partial charge in [0.05, 0.1) is 5.92 Å². The van der Waals surface area contributed by atoms with Gasteiger partial charge < -0.3 is 5.11 Å². The molecule has 0 aliphatic carbocycles. The second-order valence-electron chi connectivity index (χ2n) is 1.47. The lowest BCUT2D eigenvalue weighted by atomic mass is 10.1. The van der Waals surface area contributed by atoms with Gasteiger partial charge in [0.25, 0.3) is 0 Å². The molecule has 1 N–H and O–H groups in total. The van der Waals surface area contributed by atoms with Crippen LogP contribution in [0.25, 0.3) is 0 Å². The molecule has 0 heterocycles. The van der Waals surface area contributed by atoms with Gasteiger partial charge in [0, 0.05) is 6.42 Å². The monoisotopic (exact) mass is 111 g/mol. The third-order valence-electron chi connectivity index (χ3n) is 0.732. The van der Waals surface area contributed by atoms with Crippen molar-refractivity contribution in [2.45, 2.75) is 13.3 Å². The highest BCUT2D eigenvalue weighted by Gasteiger charge is 2.08. The van der Waals surface area contributed by atoms with Crippen molar-refractivity contribution >= 4 is 5.97 Å². The third kappa shape index (κ3) is 2.25. The molecule has 0 unspecified atom stereocenters. The summed E-state index contributed by atoms with van der Waals surface area (Å²) >= 11 is 0. The molecule has 0 saturated carbocycles. The maximum Gasteiger partial charge on any atom is 0.311 e. The van der Waals surface area contributed by atoms with Crippen LogP contribution in [0, 0.1) is 18.3 Å². The number of terminal acetylenes is 1. The standard InChI is InChI=1S/C6H7O2/c1-3-4-5(2)6(7)8/h1H,4H2,2H3,(H,7,8). The normalized spacial score (nSPS) is 8.62. The first-order valence-electron chi connectivity index (χ1n) is 2.17. The molecule has 0 atom stereocenters. The lowest BCUT2D eigenvalue weighted by Crippen LogP contribution is -2.05. The van der Waals surface area contributed by atoms with Crippen molar-refractivity contribution < 1.29 is 9.90 Å². The summed E-state index contributed by atoms with van der Waals surface area (Å²) in [5.41, 5.74) is 0. The van der Waals surface area contributed by atoms with E-state index in [-0.39, 0.29) is 6.42 Å². The van der Waals surface area contributed by atoms with E-state index in [0.29, 0.717) is 5.92 Å². The van der Waals surface area contributed by atoms with Crippen LogP contribution in [-0.2, 0) is 4.79 Å². The molecule has 8 heavy (non-hydrogen) atoms. The molecule has 2 heteroatoms. The van der Waals surface area contributed by atoms with Gasteiger partial charge in [0.1, 0.15) is 0 Å². The molecule has 0 aromatic carbocycles. The SMILES string of the molecule is C#CC[C](C)C(=O)O. The van der Waals surface area contributed by atoms with Gasteiger partial charge in [0.2, 0.25) is 0 Å². The molecule has 0 spiro atoms. The molecule has 0 aliphatic heterocycles. The third-order valence-corrected chi connectivity index (χ3v) is 0.732. The van der Waals surface area contributed by atoms with Gasteiger partial charge in [0.15, 0.2) is 0 Å². The van der Waals surface area contributed by atoms with Crippen LogP contribution in [0.3, 0.4) is 0 Å². The van der Waals surface area contributed by atoms with Crippen LogP contribution < -0.4 is 0 Å². The Balaban J connectivity index is 3.52. The maximum absolute atomic E-state index is 9.96. The van der Waals surface area contributed by atoms with E-state index in [9.17, 15) is 4.79 Å². The van der Waals surface area contributed by atoms with Gasteiger partial charge in [-0.15, -0.1) is 12.3 Å². The van der Waals surface area contributed by atoms with E-state index in [4.69, 9.17) is 11.5 Å². The van der Waals surface area contributed by atoms with Crippen LogP contribution >= 0.6 is 0 Å². The van der Waals surface area contributed by atoms with Crippen molar-refractivity contribution in [1.82, 2.24) is 0 Å². The first-order chi connectivity index (χ1) is 3.68. The topological polar surface area (TPSA) is 37.3 Å². The number of carboxylic acids is 1. The molecular weight excluding hydrogens is 104 g/mol. The fourth-order valence-corrected chi connectivity index (χ4v) is 0.229. The quantitative estimate of drug-likeness (QED) is 0.532. The Kier molecular flexibility index (Phi) is 2.71. The second-order valence-corrected chi connectivity index (χ2v) is 1.47. The summed E-state index contributed by atoms with van der Waals surface area (Å²) in [7, 11) is 0. The van der Waals surface area contributed by atoms with Crippen LogP contribution in [0.1, 0.15) is 13.3 Å². The Hall–Kier alpha value is -0.970. The number of carboxylic acid groups (broad SMARTS) is 1. The Morgan fingerprint density at radius 3 is 2.50 bits per heavy atom. The van der Waals surface area contributed by atoms with E-state index in [2.05, 4.69) is 5.92 Å². The van der Waals surface area contributed by atoms with Crippen LogP contribution in [0.4, 0.5) is 0 Å². The summed E-state index contributed by atoms with van der Waals surface area (Å²) in [6, 6.07) is 0. The van der Waals surface area contributed by atoms with Crippen LogP contribution in [0.5, 0.6) is 0 Å². The van der Waals surface area contributed by atoms with Gasteiger partial charge in [-0.05, 0) is 6.92 Å². The van der Waals surface area contributed by atoms with Crippen molar-refractivity contribution in [1.29, 1.82) is 0 Å². The molecule has 0 aliphatic rings. The highest BCUT2D eigenvalue weighted by molar-refractivity contribution is 5.82. The lowest BCUT2D eigenvalue weighted by Gasteiger charge is -1.95. The van der Waals surface area contributed by atoms with Gasteiger partial charge in [-0.3, -0.25) is 4.79 Å². The zero-order chi connectivity index (χ0) is 6.57. The lowest BCUT2D eigenvalue weighted by molar-refractivity contribution is -0.134. The minimum absolute atomic E-state index is 0.231. The summed E-state index contributed by atoms with van der Waals surface area (Å²) < 4.78 is 0. The first kappa shape index (κ1) is 7.03. The highest BCUT2D eigenvalue weighted by Crippen LogP contribution is 2.00. The van der Waals surface area contributed by atoms with Gasteiger partial charge in [-0.25, -0.2) is 0 Å². The largest absolute Gasteiger partial charge is 0.481 e. The molecule has 1 radical (unpaired) electrons. The van der Waals surface area contributed by atoms with E-state index in [1.165, 1.54) is 6.92 Å². The zero-order valence-corrected chi connectivity index (χ0v) is 4.64. The molecule has 0 aromatic heterocycles. The predicted octanol–water partition coefficient (Wildman–Crippen LogP) is 0.689. The molecule has 0 aromatic rings. The van der Waals surface area contributed by atoms with E-state index in [1.807, 2.05) is 0 Å². The molecule has 2 nitrogen and oxygen atoms in total. The van der Waals surface area contributed by atoms with E-state index < -0.39 is 5.97 Å². The Bertz CT molecular complexity index is 121. The molecular formula is C6H7O2. The Morgan fingerprint density at radius 1 is 1.88 bits per heavy atom. The summed E-state index contributed by atoms with van der Waals surface area (Å²) in [6.45, 7) is 1.50. The van der Waals surface area contributed by atoms with Crippen molar-refractivity contribution in [2.75, 3.05) is 0 Å². The van der Waals surface area contributed by atoms with E-state index in [0.717, 1.165) is 0 Å². The van der Waals surface area contributed by atoms with E-state index >= 15 is 0 Å². The van der Waals surface area contributed by atoms with Crippen molar-refractivity contribution in [3.8, 4) is 12.3 Å². The van der Waals surface area contributed by atoms with Crippen LogP contribution in [-0.4, -0.2) is 11.1 Å². The van der Waals surface area contributed by atoms with Gasteiger partial charge >= 0.3 is 5.97 Å². The Morgan fingerprint density at radius 2 is 2.38 bits per heavy atom. The minimum atomic E-state index is -0.914. The fourth-order valence-electron chi connectivity index (χ4n) is 0.229. The highest BCUT2D eigenvalue weighted by atomic mass is 16.4. The molecule has 0 saturated heterocycles. The van der Waals surface area contributed by atoms with Gasteiger partial charge in [-0.2, -0.15) is 0 Å². The summed E-state index contributed by atoms with van der Waals surface area (Å²) in [5, 5.41) is 8.18. The summed E-state index contributed by atoms with van der Waals surface area (Å²) in [6.07, 6.45) is 5.06. The summed E-state index contributed by atoms with van der Waals surface area (Å²) in [5.74, 6) is 1.63. The van der Waals surface area contributed by atoms with Crippen molar-refractivity contribution in [2.24, 2.45) is 0 Å². The van der Waals surface area contributed by atoms with Crippen molar-refractivity contribution in [3.05, 3.63) is 5.92 Å². The first-order valence-corrected chi connectivity index (χ1v) is 2.17. The predicted molar refractivity (Wildman–Crippen MR) is 30.0 cm³/mol. The Labute approximate surface area is 48.5 Å². The minimum Gasteiger partial charge on any atom is -0.481 e. The number of hydrogen-bond donors (Lipinski definition) is 1. The fraction of sp³-hybridized carbons (Fsp3) is 0.333. The second kappa shape index (κ2) is 3.09. The number of carbonyl (C=O) groups is 1. The molecule has 0 amide bonds. The average molecular weight is 111 g/mol. The smallest absolute Gasteiger partial charge is 0.311 e.